The summed E-state index contributed by atoms with van der Waals surface area (Å²) in [6, 6.07) is 2.83. The van der Waals surface area contributed by atoms with Crippen LogP contribution >= 0.6 is 0 Å². The summed E-state index contributed by atoms with van der Waals surface area (Å²) in [5.41, 5.74) is -2.01. The number of rotatable bonds is 1. The number of ether oxygens (including phenoxy) is 1. The Morgan fingerprint density at radius 3 is 2.54 bits per heavy atom. The van der Waals surface area contributed by atoms with Crippen LogP contribution < -0.4 is 0 Å². The summed E-state index contributed by atoms with van der Waals surface area (Å²) in [4.78, 5) is 3.62. The fourth-order valence-corrected chi connectivity index (χ4v) is 1.17. The molecule has 0 aromatic carbocycles. The van der Waals surface area contributed by atoms with Crippen LogP contribution in [0.15, 0.2) is 24.5 Å². The van der Waals surface area contributed by atoms with Gasteiger partial charge in [-0.2, -0.15) is 13.2 Å². The van der Waals surface area contributed by atoms with E-state index >= 15 is 0 Å². The van der Waals surface area contributed by atoms with Gasteiger partial charge in [-0.3, -0.25) is 4.98 Å². The van der Waals surface area contributed by atoms with Gasteiger partial charge in [0.15, 0.2) is 0 Å². The third-order valence-corrected chi connectivity index (χ3v) is 2.02. The Morgan fingerprint density at radius 2 is 2.15 bits per heavy atom. The largest absolute Gasteiger partial charge is 0.424 e. The lowest BCUT2D eigenvalue weighted by Crippen LogP contribution is -2.30. The second-order valence-corrected chi connectivity index (χ2v) is 2.86. The number of alkyl halides is 3. The highest BCUT2D eigenvalue weighted by atomic mass is 19.4. The van der Waals surface area contributed by atoms with Gasteiger partial charge in [0, 0.05) is 18.0 Å². The molecule has 1 saturated heterocycles. The Bertz CT molecular complexity index is 305. The van der Waals surface area contributed by atoms with Crippen LogP contribution in [0.2, 0.25) is 0 Å². The highest BCUT2D eigenvalue weighted by Crippen LogP contribution is 2.51. The van der Waals surface area contributed by atoms with Crippen molar-refractivity contribution in [3.63, 3.8) is 0 Å². The van der Waals surface area contributed by atoms with E-state index in [-0.39, 0.29) is 12.2 Å². The molecule has 1 aromatic rings. The summed E-state index contributed by atoms with van der Waals surface area (Å²) in [7, 11) is 0. The van der Waals surface area contributed by atoms with E-state index in [0.717, 1.165) is 0 Å². The first-order chi connectivity index (χ1) is 6.06. The Balaban J connectivity index is 2.37. The molecule has 2 rings (SSSR count). The van der Waals surface area contributed by atoms with Crippen LogP contribution in [0.4, 0.5) is 13.2 Å². The monoisotopic (exact) mass is 189 g/mol. The molecule has 1 unspecified atom stereocenters. The fourth-order valence-electron chi connectivity index (χ4n) is 1.17. The zero-order valence-corrected chi connectivity index (χ0v) is 6.51. The van der Waals surface area contributed by atoms with Crippen LogP contribution in [0.5, 0.6) is 0 Å². The van der Waals surface area contributed by atoms with Crippen molar-refractivity contribution in [1.82, 2.24) is 4.98 Å². The topological polar surface area (TPSA) is 25.4 Å². The maximum absolute atomic E-state index is 12.4. The van der Waals surface area contributed by atoms with Crippen molar-refractivity contribution in [2.45, 2.75) is 11.8 Å². The lowest BCUT2D eigenvalue weighted by Gasteiger charge is -2.15. The first-order valence-corrected chi connectivity index (χ1v) is 3.67. The number of hydrogen-bond donors (Lipinski definition) is 0. The van der Waals surface area contributed by atoms with Crippen molar-refractivity contribution >= 4 is 0 Å². The van der Waals surface area contributed by atoms with Gasteiger partial charge < -0.3 is 4.74 Å². The molecule has 70 valence electrons. The molecule has 1 fully saturated rings. The van der Waals surface area contributed by atoms with Crippen LogP contribution in [0, 0.1) is 0 Å². The van der Waals surface area contributed by atoms with E-state index < -0.39 is 11.8 Å². The Hall–Kier alpha value is -1.10. The lowest BCUT2D eigenvalue weighted by molar-refractivity contribution is -0.187. The molecule has 0 spiro atoms. The molecule has 2 heterocycles. The van der Waals surface area contributed by atoms with Gasteiger partial charge >= 0.3 is 6.18 Å². The molecule has 0 radical (unpaired) electrons. The Morgan fingerprint density at radius 1 is 1.46 bits per heavy atom. The molecule has 1 aromatic heterocycles. The molecule has 1 aliphatic heterocycles. The maximum Gasteiger partial charge on any atom is 0.424 e. The summed E-state index contributed by atoms with van der Waals surface area (Å²) in [6.07, 6.45) is -1.74. The highest BCUT2D eigenvalue weighted by Gasteiger charge is 2.67. The molecule has 1 atom stereocenters. The molecule has 0 N–H and O–H groups in total. The zero-order chi connectivity index (χ0) is 9.53. The van der Waals surface area contributed by atoms with Crippen molar-refractivity contribution in [2.75, 3.05) is 6.61 Å². The normalized spacial score (nSPS) is 27.3. The van der Waals surface area contributed by atoms with Gasteiger partial charge in [-0.15, -0.1) is 0 Å². The second kappa shape index (κ2) is 2.45. The van der Waals surface area contributed by atoms with Crippen LogP contribution in [0.3, 0.4) is 0 Å². The van der Waals surface area contributed by atoms with Gasteiger partial charge in [0.25, 0.3) is 0 Å². The zero-order valence-electron chi connectivity index (χ0n) is 6.51. The van der Waals surface area contributed by atoms with E-state index in [0.29, 0.717) is 0 Å². The first-order valence-electron chi connectivity index (χ1n) is 3.67. The van der Waals surface area contributed by atoms with Crippen LogP contribution in [0.1, 0.15) is 5.56 Å². The number of nitrogens with zero attached hydrogens (tertiary/aromatic N) is 1. The fraction of sp³-hybridized carbons (Fsp3) is 0.375. The average Bonchev–Trinajstić information content (AvgIpc) is 2.84. The van der Waals surface area contributed by atoms with E-state index in [2.05, 4.69) is 9.72 Å². The summed E-state index contributed by atoms with van der Waals surface area (Å²) < 4.78 is 41.8. The minimum absolute atomic E-state index is 0.0718. The molecule has 0 saturated carbocycles. The Kier molecular flexibility index (Phi) is 1.60. The van der Waals surface area contributed by atoms with Crippen molar-refractivity contribution < 1.29 is 17.9 Å². The molecule has 2 nitrogen and oxygen atoms in total. The van der Waals surface area contributed by atoms with E-state index in [1.165, 1.54) is 24.5 Å². The number of hydrogen-bond acceptors (Lipinski definition) is 2. The molecular weight excluding hydrogens is 183 g/mol. The van der Waals surface area contributed by atoms with Crippen molar-refractivity contribution in [2.24, 2.45) is 0 Å². The lowest BCUT2D eigenvalue weighted by atomic mass is 10.0. The van der Waals surface area contributed by atoms with Crippen molar-refractivity contribution in [1.29, 1.82) is 0 Å². The van der Waals surface area contributed by atoms with Gasteiger partial charge in [0.05, 0.1) is 6.61 Å². The average molecular weight is 189 g/mol. The van der Waals surface area contributed by atoms with Gasteiger partial charge in [0.1, 0.15) is 0 Å². The molecular formula is C8H6F3NO. The summed E-state index contributed by atoms with van der Waals surface area (Å²) >= 11 is 0. The van der Waals surface area contributed by atoms with Crippen molar-refractivity contribution in [3.8, 4) is 0 Å². The predicted molar refractivity (Wildman–Crippen MR) is 37.9 cm³/mol. The van der Waals surface area contributed by atoms with Gasteiger partial charge in [-0.25, -0.2) is 0 Å². The van der Waals surface area contributed by atoms with Crippen molar-refractivity contribution in [3.05, 3.63) is 30.1 Å². The molecule has 0 amide bonds. The molecule has 1 aliphatic rings. The van der Waals surface area contributed by atoms with Gasteiger partial charge in [-0.1, -0.05) is 6.07 Å². The van der Waals surface area contributed by atoms with Gasteiger partial charge in [0.2, 0.25) is 5.60 Å². The number of epoxide rings is 1. The van der Waals surface area contributed by atoms with Crippen LogP contribution in [0.25, 0.3) is 0 Å². The van der Waals surface area contributed by atoms with E-state index in [9.17, 15) is 13.2 Å². The standard InChI is InChI=1S/C8H6F3NO/c9-8(10,11)7(5-13-7)6-2-1-3-12-4-6/h1-4H,5H2. The maximum atomic E-state index is 12.4. The van der Waals surface area contributed by atoms with E-state index in [1.807, 2.05) is 0 Å². The number of aromatic nitrogens is 1. The van der Waals surface area contributed by atoms with E-state index in [1.54, 1.807) is 0 Å². The second-order valence-electron chi connectivity index (χ2n) is 2.86. The van der Waals surface area contributed by atoms with Crippen LogP contribution in [-0.4, -0.2) is 17.8 Å². The Labute approximate surface area is 72.4 Å². The molecule has 0 bridgehead atoms. The number of halogens is 3. The summed E-state index contributed by atoms with van der Waals surface area (Å²) in [5, 5.41) is 0. The third kappa shape index (κ3) is 1.19. The highest BCUT2D eigenvalue weighted by molar-refractivity contribution is 5.25. The predicted octanol–water partition coefficient (Wildman–Crippen LogP) is 1.87. The smallest absolute Gasteiger partial charge is 0.355 e. The SMILES string of the molecule is FC(F)(F)C1(c2cccnc2)CO1. The summed E-state index contributed by atoms with van der Waals surface area (Å²) in [6.45, 7) is -0.303. The van der Waals surface area contributed by atoms with Crippen LogP contribution in [-0.2, 0) is 10.3 Å². The minimum Gasteiger partial charge on any atom is -0.355 e. The van der Waals surface area contributed by atoms with Gasteiger partial charge in [-0.05, 0) is 6.07 Å². The first kappa shape index (κ1) is 8.50. The van der Waals surface area contributed by atoms with E-state index in [4.69, 9.17) is 0 Å². The molecule has 5 heteroatoms. The third-order valence-electron chi connectivity index (χ3n) is 2.02. The number of pyridine rings is 1. The minimum atomic E-state index is -4.35. The quantitative estimate of drug-likeness (QED) is 0.630. The summed E-state index contributed by atoms with van der Waals surface area (Å²) in [5.74, 6) is 0. The molecule has 0 aliphatic carbocycles. The molecule has 13 heavy (non-hydrogen) atoms.